The highest BCUT2D eigenvalue weighted by Gasteiger charge is 2.18. The van der Waals surface area contributed by atoms with E-state index in [1.165, 1.54) is 32.6 Å². The summed E-state index contributed by atoms with van der Waals surface area (Å²) in [5, 5.41) is 3.38. The van der Waals surface area contributed by atoms with Gasteiger partial charge in [-0.25, -0.2) is 0 Å². The number of hydrogen-bond donors (Lipinski definition) is 1. The van der Waals surface area contributed by atoms with Gasteiger partial charge in [-0.05, 0) is 26.1 Å². The van der Waals surface area contributed by atoms with Crippen molar-refractivity contribution >= 4 is 24.8 Å². The third-order valence-corrected chi connectivity index (χ3v) is 2.36. The first kappa shape index (κ1) is 15.0. The molecule has 0 aromatic rings. The molecule has 0 unspecified atom stereocenters. The second-order valence-electron chi connectivity index (χ2n) is 2.87. The predicted molar refractivity (Wildman–Crippen MR) is 58.7 cm³/mol. The summed E-state index contributed by atoms with van der Waals surface area (Å²) in [5.41, 5.74) is 0. The lowest BCUT2D eigenvalue weighted by Gasteiger charge is -2.24. The molecule has 1 aliphatic heterocycles. The lowest BCUT2D eigenvalue weighted by atomic mass is 10.2. The average Bonchev–Trinajstić information content (AvgIpc) is 2.43. The van der Waals surface area contributed by atoms with E-state index in [-0.39, 0.29) is 24.8 Å². The standard InChI is InChI=1S/C8H18N2.2ClH/c1-3-10(4-2)8-5-6-9-7-8;;/h8-9H,3-7H2,1-2H3;2*1H/t8-;;/m1../s1. The average molecular weight is 215 g/mol. The molecule has 1 rings (SSSR count). The molecule has 0 aromatic heterocycles. The zero-order valence-corrected chi connectivity index (χ0v) is 9.51. The number of likely N-dealkylation sites (N-methyl/N-ethyl adjacent to an activating group) is 1. The van der Waals surface area contributed by atoms with Crippen LogP contribution in [-0.2, 0) is 0 Å². The molecule has 0 bridgehead atoms. The van der Waals surface area contributed by atoms with Crippen LogP contribution < -0.4 is 5.32 Å². The molecule has 1 aliphatic rings. The Balaban J connectivity index is 0. The van der Waals surface area contributed by atoms with Gasteiger partial charge in [-0.3, -0.25) is 4.90 Å². The molecule has 76 valence electrons. The summed E-state index contributed by atoms with van der Waals surface area (Å²) in [4.78, 5) is 2.53. The van der Waals surface area contributed by atoms with E-state index < -0.39 is 0 Å². The van der Waals surface area contributed by atoms with Crippen LogP contribution in [0.25, 0.3) is 0 Å². The Labute approximate surface area is 87.9 Å². The van der Waals surface area contributed by atoms with Crippen molar-refractivity contribution in [2.24, 2.45) is 0 Å². The van der Waals surface area contributed by atoms with Gasteiger partial charge in [0.15, 0.2) is 0 Å². The SMILES string of the molecule is CCN(CC)[C@@H]1CCNC1.Cl.Cl. The molecule has 0 aromatic carbocycles. The van der Waals surface area contributed by atoms with Gasteiger partial charge in [0.25, 0.3) is 0 Å². The first-order chi connectivity index (χ1) is 4.88. The van der Waals surface area contributed by atoms with Gasteiger partial charge in [0.05, 0.1) is 0 Å². The van der Waals surface area contributed by atoms with Crippen molar-refractivity contribution in [1.82, 2.24) is 10.2 Å². The maximum atomic E-state index is 3.38. The van der Waals surface area contributed by atoms with E-state index in [1.807, 2.05) is 0 Å². The smallest absolute Gasteiger partial charge is 0.0232 e. The summed E-state index contributed by atoms with van der Waals surface area (Å²) in [7, 11) is 0. The maximum Gasteiger partial charge on any atom is 0.0232 e. The van der Waals surface area contributed by atoms with E-state index in [0.29, 0.717) is 0 Å². The van der Waals surface area contributed by atoms with E-state index in [1.54, 1.807) is 0 Å². The molecule has 0 amide bonds. The van der Waals surface area contributed by atoms with Gasteiger partial charge in [0, 0.05) is 12.6 Å². The van der Waals surface area contributed by atoms with Crippen molar-refractivity contribution in [2.75, 3.05) is 26.2 Å². The summed E-state index contributed by atoms with van der Waals surface area (Å²) < 4.78 is 0. The Hall–Kier alpha value is 0.500. The highest BCUT2D eigenvalue weighted by Crippen LogP contribution is 2.06. The molecule has 1 fully saturated rings. The molecule has 2 nitrogen and oxygen atoms in total. The highest BCUT2D eigenvalue weighted by molar-refractivity contribution is 5.85. The zero-order valence-electron chi connectivity index (χ0n) is 7.88. The van der Waals surface area contributed by atoms with Crippen LogP contribution in [0.2, 0.25) is 0 Å². The predicted octanol–water partition coefficient (Wildman–Crippen LogP) is 1.53. The van der Waals surface area contributed by atoms with E-state index in [9.17, 15) is 0 Å². The van der Waals surface area contributed by atoms with Crippen molar-refractivity contribution in [3.8, 4) is 0 Å². The molecular weight excluding hydrogens is 195 g/mol. The van der Waals surface area contributed by atoms with Gasteiger partial charge in [0.1, 0.15) is 0 Å². The molecule has 0 spiro atoms. The van der Waals surface area contributed by atoms with Crippen LogP contribution in [0.3, 0.4) is 0 Å². The third-order valence-electron chi connectivity index (χ3n) is 2.36. The van der Waals surface area contributed by atoms with Crippen molar-refractivity contribution in [2.45, 2.75) is 26.3 Å². The summed E-state index contributed by atoms with van der Waals surface area (Å²) >= 11 is 0. The molecule has 0 radical (unpaired) electrons. The van der Waals surface area contributed by atoms with E-state index in [4.69, 9.17) is 0 Å². The topological polar surface area (TPSA) is 15.3 Å². The summed E-state index contributed by atoms with van der Waals surface area (Å²) in [6.07, 6.45) is 1.34. The molecule has 0 saturated carbocycles. The summed E-state index contributed by atoms with van der Waals surface area (Å²) in [6.45, 7) is 9.28. The minimum atomic E-state index is 0. The van der Waals surface area contributed by atoms with E-state index >= 15 is 0 Å². The molecule has 4 heteroatoms. The van der Waals surface area contributed by atoms with Crippen LogP contribution in [0.5, 0.6) is 0 Å². The van der Waals surface area contributed by atoms with Crippen LogP contribution >= 0.6 is 24.8 Å². The van der Waals surface area contributed by atoms with Crippen LogP contribution in [0.15, 0.2) is 0 Å². The molecule has 0 aliphatic carbocycles. The van der Waals surface area contributed by atoms with Gasteiger partial charge in [-0.2, -0.15) is 0 Å². The Morgan fingerprint density at radius 2 is 1.83 bits per heavy atom. The first-order valence-corrected chi connectivity index (χ1v) is 4.33. The second-order valence-corrected chi connectivity index (χ2v) is 2.87. The molecule has 1 N–H and O–H groups in total. The lowest BCUT2D eigenvalue weighted by molar-refractivity contribution is 0.231. The van der Waals surface area contributed by atoms with Crippen LogP contribution in [0, 0.1) is 0 Å². The van der Waals surface area contributed by atoms with Crippen molar-refractivity contribution in [3.63, 3.8) is 0 Å². The fourth-order valence-electron chi connectivity index (χ4n) is 1.69. The number of nitrogens with zero attached hydrogens (tertiary/aromatic N) is 1. The summed E-state index contributed by atoms with van der Waals surface area (Å²) in [6, 6.07) is 0.815. The molecular formula is C8H20Cl2N2. The zero-order chi connectivity index (χ0) is 7.40. The first-order valence-electron chi connectivity index (χ1n) is 4.33. The highest BCUT2D eigenvalue weighted by atomic mass is 35.5. The van der Waals surface area contributed by atoms with Crippen LogP contribution in [0.4, 0.5) is 0 Å². The van der Waals surface area contributed by atoms with Crippen LogP contribution in [-0.4, -0.2) is 37.1 Å². The van der Waals surface area contributed by atoms with E-state index in [0.717, 1.165) is 6.04 Å². The maximum absolute atomic E-state index is 3.38. The number of halogens is 2. The minimum absolute atomic E-state index is 0. The fourth-order valence-corrected chi connectivity index (χ4v) is 1.69. The molecule has 1 atom stereocenters. The monoisotopic (exact) mass is 214 g/mol. The molecule has 12 heavy (non-hydrogen) atoms. The Bertz CT molecular complexity index is 91.1. The summed E-state index contributed by atoms with van der Waals surface area (Å²) in [5.74, 6) is 0. The third kappa shape index (κ3) is 3.94. The van der Waals surface area contributed by atoms with Gasteiger partial charge < -0.3 is 5.32 Å². The number of rotatable bonds is 3. The normalized spacial score (nSPS) is 21.8. The van der Waals surface area contributed by atoms with Gasteiger partial charge in [-0.1, -0.05) is 13.8 Å². The van der Waals surface area contributed by atoms with Gasteiger partial charge in [-0.15, -0.1) is 24.8 Å². The fraction of sp³-hybridized carbons (Fsp3) is 1.00. The Kier molecular flexibility index (Phi) is 10.1. The van der Waals surface area contributed by atoms with Crippen molar-refractivity contribution < 1.29 is 0 Å². The van der Waals surface area contributed by atoms with Gasteiger partial charge >= 0.3 is 0 Å². The molecule has 1 saturated heterocycles. The number of nitrogens with one attached hydrogen (secondary N) is 1. The second kappa shape index (κ2) is 8.11. The van der Waals surface area contributed by atoms with Crippen molar-refractivity contribution in [3.05, 3.63) is 0 Å². The molecule has 1 heterocycles. The number of hydrogen-bond acceptors (Lipinski definition) is 2. The quantitative estimate of drug-likeness (QED) is 0.768. The van der Waals surface area contributed by atoms with Crippen molar-refractivity contribution in [1.29, 1.82) is 0 Å². The van der Waals surface area contributed by atoms with E-state index in [2.05, 4.69) is 24.1 Å². The minimum Gasteiger partial charge on any atom is -0.315 e. The van der Waals surface area contributed by atoms with Crippen LogP contribution in [0.1, 0.15) is 20.3 Å². The van der Waals surface area contributed by atoms with Gasteiger partial charge in [0.2, 0.25) is 0 Å². The Morgan fingerprint density at radius 1 is 1.25 bits per heavy atom. The Morgan fingerprint density at radius 3 is 2.17 bits per heavy atom. The largest absolute Gasteiger partial charge is 0.315 e. The lowest BCUT2D eigenvalue weighted by Crippen LogP contribution is -2.36.